The molecule has 1 amide bonds. The van der Waals surface area contributed by atoms with Crippen molar-refractivity contribution in [1.29, 1.82) is 0 Å². The molecule has 0 unspecified atom stereocenters. The zero-order valence-electron chi connectivity index (χ0n) is 11.5. The highest BCUT2D eigenvalue weighted by Crippen LogP contribution is 1.88. The number of guanidine groups is 1. The van der Waals surface area contributed by atoms with Crippen molar-refractivity contribution >= 4 is 11.9 Å². The number of carbonyl (C=O) groups excluding carboxylic acids is 1. The predicted octanol–water partition coefficient (Wildman–Crippen LogP) is 0.820. The molecule has 5 heteroatoms. The normalized spacial score (nSPS) is 11.2. The fourth-order valence-electron chi connectivity index (χ4n) is 1.20. The monoisotopic (exact) mass is 242 g/mol. The fraction of sp³-hybridized carbons (Fsp3) is 0.833. The van der Waals surface area contributed by atoms with Gasteiger partial charge in [-0.05, 0) is 13.3 Å². The zero-order chi connectivity index (χ0) is 13.1. The van der Waals surface area contributed by atoms with Gasteiger partial charge in [-0.3, -0.25) is 9.79 Å². The minimum Gasteiger partial charge on any atom is -0.357 e. The number of aliphatic imine (C=N–C) groups is 1. The van der Waals surface area contributed by atoms with E-state index >= 15 is 0 Å². The standard InChI is InChI=1S/C12H26N4O/c1-5-7-9-14-12(13-6-2)15-10-8-11(17)16(3)4/h5-10H2,1-4H3,(H2,13,14,15). The topological polar surface area (TPSA) is 56.7 Å². The molecule has 0 saturated carbocycles. The third-order valence-corrected chi connectivity index (χ3v) is 2.26. The number of amides is 1. The van der Waals surface area contributed by atoms with Crippen LogP contribution in [0.25, 0.3) is 0 Å². The Hall–Kier alpha value is -1.26. The smallest absolute Gasteiger partial charge is 0.223 e. The van der Waals surface area contributed by atoms with Crippen molar-refractivity contribution in [2.24, 2.45) is 4.99 Å². The van der Waals surface area contributed by atoms with Crippen LogP contribution in [0.15, 0.2) is 4.99 Å². The second kappa shape index (κ2) is 9.93. The lowest BCUT2D eigenvalue weighted by molar-refractivity contribution is -0.128. The number of hydrogen-bond donors (Lipinski definition) is 2. The van der Waals surface area contributed by atoms with Crippen molar-refractivity contribution in [3.05, 3.63) is 0 Å². The maximum Gasteiger partial charge on any atom is 0.223 e. The van der Waals surface area contributed by atoms with Crippen LogP contribution in [0, 0.1) is 0 Å². The summed E-state index contributed by atoms with van der Waals surface area (Å²) in [5.74, 6) is 0.925. The molecule has 0 bridgehead atoms. The molecule has 0 aliphatic heterocycles. The molecule has 0 radical (unpaired) electrons. The Labute approximate surface area is 105 Å². The fourth-order valence-corrected chi connectivity index (χ4v) is 1.20. The largest absolute Gasteiger partial charge is 0.357 e. The number of hydrogen-bond acceptors (Lipinski definition) is 2. The van der Waals surface area contributed by atoms with E-state index in [0.29, 0.717) is 13.0 Å². The molecule has 0 saturated heterocycles. The Balaban J connectivity index is 3.91. The van der Waals surface area contributed by atoms with E-state index in [9.17, 15) is 4.79 Å². The van der Waals surface area contributed by atoms with Crippen molar-refractivity contribution < 1.29 is 4.79 Å². The van der Waals surface area contributed by atoms with Gasteiger partial charge in [-0.1, -0.05) is 13.3 Å². The molecule has 0 spiro atoms. The first kappa shape index (κ1) is 15.7. The summed E-state index contributed by atoms with van der Waals surface area (Å²) in [7, 11) is 3.53. The van der Waals surface area contributed by atoms with Crippen molar-refractivity contribution in [1.82, 2.24) is 15.5 Å². The lowest BCUT2D eigenvalue weighted by Gasteiger charge is -2.13. The van der Waals surface area contributed by atoms with Crippen LogP contribution in [0.3, 0.4) is 0 Å². The van der Waals surface area contributed by atoms with Crippen LogP contribution < -0.4 is 10.6 Å². The zero-order valence-corrected chi connectivity index (χ0v) is 11.5. The lowest BCUT2D eigenvalue weighted by Crippen LogP contribution is -2.39. The summed E-state index contributed by atoms with van der Waals surface area (Å²) in [4.78, 5) is 17.4. The van der Waals surface area contributed by atoms with Crippen LogP contribution in [-0.2, 0) is 4.79 Å². The van der Waals surface area contributed by atoms with Crippen molar-refractivity contribution in [3.63, 3.8) is 0 Å². The van der Waals surface area contributed by atoms with Crippen LogP contribution in [-0.4, -0.2) is 50.5 Å². The molecule has 0 heterocycles. The third-order valence-electron chi connectivity index (χ3n) is 2.26. The van der Waals surface area contributed by atoms with Gasteiger partial charge in [0.25, 0.3) is 0 Å². The second-order valence-corrected chi connectivity index (χ2v) is 4.08. The van der Waals surface area contributed by atoms with Crippen molar-refractivity contribution in [2.75, 3.05) is 33.7 Å². The Bertz CT molecular complexity index is 239. The highest BCUT2D eigenvalue weighted by Gasteiger charge is 2.03. The van der Waals surface area contributed by atoms with Gasteiger partial charge in [0.1, 0.15) is 0 Å². The summed E-state index contributed by atoms with van der Waals surface area (Å²) in [6.07, 6.45) is 2.72. The minimum atomic E-state index is 0.127. The highest BCUT2D eigenvalue weighted by atomic mass is 16.2. The summed E-state index contributed by atoms with van der Waals surface area (Å²) in [6, 6.07) is 0. The van der Waals surface area contributed by atoms with Gasteiger partial charge in [0.2, 0.25) is 5.91 Å². The molecule has 0 fully saturated rings. The molecule has 100 valence electrons. The average Bonchev–Trinajstić information content (AvgIpc) is 2.29. The number of nitrogens with zero attached hydrogens (tertiary/aromatic N) is 2. The van der Waals surface area contributed by atoms with Crippen LogP contribution in [0.5, 0.6) is 0 Å². The average molecular weight is 242 g/mol. The van der Waals surface area contributed by atoms with E-state index < -0.39 is 0 Å². The predicted molar refractivity (Wildman–Crippen MR) is 72.2 cm³/mol. The van der Waals surface area contributed by atoms with Gasteiger partial charge in [0.05, 0.1) is 0 Å². The molecule has 5 nitrogen and oxygen atoms in total. The minimum absolute atomic E-state index is 0.127. The maximum atomic E-state index is 11.4. The Morgan fingerprint density at radius 1 is 1.24 bits per heavy atom. The summed E-state index contributed by atoms with van der Waals surface area (Å²) >= 11 is 0. The molecule has 0 aromatic heterocycles. The second-order valence-electron chi connectivity index (χ2n) is 4.08. The molecule has 17 heavy (non-hydrogen) atoms. The third kappa shape index (κ3) is 8.54. The van der Waals surface area contributed by atoms with E-state index in [1.165, 1.54) is 0 Å². The van der Waals surface area contributed by atoms with Gasteiger partial charge in [-0.15, -0.1) is 0 Å². The van der Waals surface area contributed by atoms with Gasteiger partial charge >= 0.3 is 0 Å². The summed E-state index contributed by atoms with van der Waals surface area (Å²) in [5, 5.41) is 6.32. The maximum absolute atomic E-state index is 11.4. The van der Waals surface area contributed by atoms with Gasteiger partial charge in [0, 0.05) is 40.2 Å². The van der Waals surface area contributed by atoms with Crippen molar-refractivity contribution in [2.45, 2.75) is 33.1 Å². The summed E-state index contributed by atoms with van der Waals surface area (Å²) in [5.41, 5.74) is 0. The van der Waals surface area contributed by atoms with Gasteiger partial charge in [-0.25, -0.2) is 0 Å². The highest BCUT2D eigenvalue weighted by molar-refractivity contribution is 5.81. The summed E-state index contributed by atoms with van der Waals surface area (Å²) < 4.78 is 0. The van der Waals surface area contributed by atoms with E-state index in [1.54, 1.807) is 19.0 Å². The SMILES string of the molecule is CCCCN=C(NCC)NCCC(=O)N(C)C. The number of carbonyl (C=O) groups is 1. The molecule has 2 N–H and O–H groups in total. The van der Waals surface area contributed by atoms with E-state index in [4.69, 9.17) is 0 Å². The molecule has 0 aromatic carbocycles. The number of unbranched alkanes of at least 4 members (excludes halogenated alkanes) is 1. The summed E-state index contributed by atoms with van der Waals surface area (Å²) in [6.45, 7) is 6.45. The first-order valence-electron chi connectivity index (χ1n) is 6.34. The number of rotatable bonds is 7. The first-order chi connectivity index (χ1) is 8.11. The van der Waals surface area contributed by atoms with Crippen LogP contribution in [0.1, 0.15) is 33.1 Å². The molecule has 0 aliphatic rings. The van der Waals surface area contributed by atoms with E-state index in [-0.39, 0.29) is 5.91 Å². The van der Waals surface area contributed by atoms with Crippen molar-refractivity contribution in [3.8, 4) is 0 Å². The molecular weight excluding hydrogens is 216 g/mol. The lowest BCUT2D eigenvalue weighted by atomic mass is 10.3. The molecule has 0 rings (SSSR count). The van der Waals surface area contributed by atoms with E-state index in [0.717, 1.165) is 31.9 Å². The number of nitrogens with one attached hydrogen (secondary N) is 2. The van der Waals surface area contributed by atoms with Crippen LogP contribution >= 0.6 is 0 Å². The molecule has 0 aromatic rings. The van der Waals surface area contributed by atoms with Crippen LogP contribution in [0.2, 0.25) is 0 Å². The molecular formula is C12H26N4O. The van der Waals surface area contributed by atoms with Crippen LogP contribution in [0.4, 0.5) is 0 Å². The Morgan fingerprint density at radius 3 is 2.47 bits per heavy atom. The quantitative estimate of drug-likeness (QED) is 0.395. The van der Waals surface area contributed by atoms with Gasteiger partial charge in [-0.2, -0.15) is 0 Å². The molecule has 0 aliphatic carbocycles. The van der Waals surface area contributed by atoms with E-state index in [2.05, 4.69) is 22.5 Å². The molecule has 0 atom stereocenters. The van der Waals surface area contributed by atoms with Gasteiger partial charge in [0.15, 0.2) is 5.96 Å². The Morgan fingerprint density at radius 2 is 1.94 bits per heavy atom. The first-order valence-corrected chi connectivity index (χ1v) is 6.34. The van der Waals surface area contributed by atoms with E-state index in [1.807, 2.05) is 6.92 Å². The Kier molecular flexibility index (Phi) is 9.19. The van der Waals surface area contributed by atoms with Gasteiger partial charge < -0.3 is 15.5 Å².